The second kappa shape index (κ2) is 8.47. The average molecular weight is 302 g/mol. The van der Waals surface area contributed by atoms with Gasteiger partial charge in [0.25, 0.3) is 0 Å². The topological polar surface area (TPSA) is 41.6 Å². The van der Waals surface area contributed by atoms with Crippen molar-refractivity contribution < 1.29 is 9.53 Å². The van der Waals surface area contributed by atoms with Gasteiger partial charge in [-0.05, 0) is 37.1 Å². The maximum atomic E-state index is 12.3. The molecule has 0 spiro atoms. The Labute approximate surface area is 133 Å². The summed E-state index contributed by atoms with van der Waals surface area (Å²) in [6.07, 6.45) is 7.77. The molecule has 22 heavy (non-hydrogen) atoms. The van der Waals surface area contributed by atoms with Crippen LogP contribution in [0, 0.1) is 0 Å². The van der Waals surface area contributed by atoms with E-state index in [9.17, 15) is 4.79 Å². The third-order valence-electron chi connectivity index (χ3n) is 4.18. The van der Waals surface area contributed by atoms with Crippen LogP contribution in [0.1, 0.15) is 32.1 Å². The largest absolute Gasteiger partial charge is 0.490 e. The first kappa shape index (κ1) is 16.4. The second-order valence-electron chi connectivity index (χ2n) is 5.77. The summed E-state index contributed by atoms with van der Waals surface area (Å²) in [5.74, 6) is 0.954. The summed E-state index contributed by atoms with van der Waals surface area (Å²) in [6, 6.07) is 8.04. The normalized spacial score (nSPS) is 15.1. The van der Waals surface area contributed by atoms with E-state index < -0.39 is 0 Å². The Hall–Kier alpha value is -1.97. The Bertz CT molecular complexity index is 478. The van der Waals surface area contributed by atoms with Crippen molar-refractivity contribution in [1.82, 2.24) is 4.90 Å². The Kier molecular flexibility index (Phi) is 6.31. The van der Waals surface area contributed by atoms with Crippen LogP contribution in [0.3, 0.4) is 0 Å². The van der Waals surface area contributed by atoms with E-state index in [4.69, 9.17) is 4.74 Å². The van der Waals surface area contributed by atoms with E-state index in [1.165, 1.54) is 19.3 Å². The maximum absolute atomic E-state index is 12.3. The van der Waals surface area contributed by atoms with Crippen LogP contribution in [0.25, 0.3) is 0 Å². The minimum absolute atomic E-state index is 0.152. The zero-order chi connectivity index (χ0) is 15.8. The fraction of sp³-hybridized carbons (Fsp3) is 0.500. The molecule has 0 bridgehead atoms. The molecule has 0 radical (unpaired) electrons. The van der Waals surface area contributed by atoms with Gasteiger partial charge in [-0.3, -0.25) is 4.79 Å². The van der Waals surface area contributed by atoms with Crippen molar-refractivity contribution in [3.8, 4) is 5.75 Å². The fourth-order valence-corrected chi connectivity index (χ4v) is 2.80. The summed E-state index contributed by atoms with van der Waals surface area (Å²) in [7, 11) is 1.92. The number of likely N-dealkylation sites (N-methyl/N-ethyl adjacent to an activating group) is 1. The third-order valence-corrected chi connectivity index (χ3v) is 4.18. The van der Waals surface area contributed by atoms with Crippen molar-refractivity contribution in [2.45, 2.75) is 38.1 Å². The van der Waals surface area contributed by atoms with Crippen LogP contribution in [0.4, 0.5) is 5.69 Å². The van der Waals surface area contributed by atoms with Gasteiger partial charge < -0.3 is 15.0 Å². The van der Waals surface area contributed by atoms with Crippen LogP contribution in [0.2, 0.25) is 0 Å². The average Bonchev–Trinajstić information content (AvgIpc) is 2.58. The predicted octanol–water partition coefficient (Wildman–Crippen LogP) is 3.45. The highest BCUT2D eigenvalue weighted by molar-refractivity contribution is 5.81. The van der Waals surface area contributed by atoms with E-state index in [1.807, 2.05) is 36.2 Å². The van der Waals surface area contributed by atoms with Crippen molar-refractivity contribution in [2.24, 2.45) is 0 Å². The number of ether oxygens (including phenoxy) is 1. The highest BCUT2D eigenvalue weighted by Gasteiger charge is 2.21. The summed E-state index contributed by atoms with van der Waals surface area (Å²) < 4.78 is 5.43. The fourth-order valence-electron chi connectivity index (χ4n) is 2.80. The standard InChI is InChI=1S/C18H26N2O2/c1-3-13-22-17-11-9-15(10-12-17)19-14-18(21)20(2)16-7-5-4-6-8-16/h3,9-12,16,19H,1,4-8,13-14H2,2H3. The summed E-state index contributed by atoms with van der Waals surface area (Å²) in [5, 5.41) is 3.18. The highest BCUT2D eigenvalue weighted by atomic mass is 16.5. The lowest BCUT2D eigenvalue weighted by atomic mass is 9.94. The molecule has 1 amide bonds. The van der Waals surface area contributed by atoms with E-state index in [1.54, 1.807) is 6.08 Å². The summed E-state index contributed by atoms with van der Waals surface area (Å²) in [4.78, 5) is 14.2. The molecular weight excluding hydrogens is 276 g/mol. The molecule has 1 N–H and O–H groups in total. The third kappa shape index (κ3) is 4.79. The molecule has 0 unspecified atom stereocenters. The first-order valence-electron chi connectivity index (χ1n) is 8.04. The van der Waals surface area contributed by atoms with Crippen molar-refractivity contribution in [3.63, 3.8) is 0 Å². The number of amides is 1. The van der Waals surface area contributed by atoms with Crippen molar-refractivity contribution in [3.05, 3.63) is 36.9 Å². The smallest absolute Gasteiger partial charge is 0.241 e. The Balaban J connectivity index is 1.78. The molecule has 1 fully saturated rings. The van der Waals surface area contributed by atoms with Crippen LogP contribution in [0.5, 0.6) is 5.75 Å². The quantitative estimate of drug-likeness (QED) is 0.784. The lowest BCUT2D eigenvalue weighted by Crippen LogP contribution is -2.41. The van der Waals surface area contributed by atoms with E-state index in [2.05, 4.69) is 11.9 Å². The van der Waals surface area contributed by atoms with Crippen LogP contribution in [-0.2, 0) is 4.79 Å². The van der Waals surface area contributed by atoms with Crippen LogP contribution in [0.15, 0.2) is 36.9 Å². The highest BCUT2D eigenvalue weighted by Crippen LogP contribution is 2.22. The van der Waals surface area contributed by atoms with Gasteiger partial charge in [-0.15, -0.1) is 0 Å². The molecule has 0 atom stereocenters. The molecule has 120 valence electrons. The zero-order valence-corrected chi connectivity index (χ0v) is 13.4. The first-order valence-corrected chi connectivity index (χ1v) is 8.04. The minimum Gasteiger partial charge on any atom is -0.490 e. The molecule has 0 aromatic heterocycles. The Morgan fingerprint density at radius 1 is 1.32 bits per heavy atom. The number of anilines is 1. The molecule has 4 heteroatoms. The molecule has 2 rings (SSSR count). The number of nitrogens with zero attached hydrogens (tertiary/aromatic N) is 1. The van der Waals surface area contributed by atoms with Gasteiger partial charge in [0.2, 0.25) is 5.91 Å². The Morgan fingerprint density at radius 3 is 2.64 bits per heavy atom. The van der Waals surface area contributed by atoms with Gasteiger partial charge >= 0.3 is 0 Å². The molecule has 1 saturated carbocycles. The minimum atomic E-state index is 0.152. The maximum Gasteiger partial charge on any atom is 0.241 e. The predicted molar refractivity (Wildman–Crippen MR) is 90.3 cm³/mol. The number of hydrogen-bond donors (Lipinski definition) is 1. The van der Waals surface area contributed by atoms with Gasteiger partial charge in [-0.2, -0.15) is 0 Å². The van der Waals surface area contributed by atoms with Crippen molar-refractivity contribution >= 4 is 11.6 Å². The van der Waals surface area contributed by atoms with Gasteiger partial charge in [0.05, 0.1) is 6.54 Å². The lowest BCUT2D eigenvalue weighted by Gasteiger charge is -2.31. The monoisotopic (exact) mass is 302 g/mol. The number of hydrogen-bond acceptors (Lipinski definition) is 3. The van der Waals surface area contributed by atoms with Gasteiger partial charge in [-0.1, -0.05) is 31.9 Å². The van der Waals surface area contributed by atoms with E-state index in [0.717, 1.165) is 24.3 Å². The van der Waals surface area contributed by atoms with Crippen LogP contribution < -0.4 is 10.1 Å². The first-order chi connectivity index (χ1) is 10.7. The summed E-state index contributed by atoms with van der Waals surface area (Å²) in [6.45, 7) is 4.45. The molecule has 4 nitrogen and oxygen atoms in total. The van der Waals surface area contributed by atoms with Gasteiger partial charge in [0, 0.05) is 18.8 Å². The summed E-state index contributed by atoms with van der Waals surface area (Å²) in [5.41, 5.74) is 0.927. The zero-order valence-electron chi connectivity index (χ0n) is 13.4. The second-order valence-corrected chi connectivity index (χ2v) is 5.77. The van der Waals surface area contributed by atoms with Crippen molar-refractivity contribution in [2.75, 3.05) is 25.5 Å². The molecule has 0 aliphatic heterocycles. The Morgan fingerprint density at radius 2 is 2.00 bits per heavy atom. The number of carbonyl (C=O) groups excluding carboxylic acids is 1. The molecule has 1 aliphatic rings. The lowest BCUT2D eigenvalue weighted by molar-refractivity contribution is -0.130. The molecular formula is C18H26N2O2. The van der Waals surface area contributed by atoms with E-state index in [-0.39, 0.29) is 5.91 Å². The molecule has 0 heterocycles. The number of nitrogens with one attached hydrogen (secondary N) is 1. The number of benzene rings is 1. The van der Waals surface area contributed by atoms with Crippen LogP contribution in [-0.4, -0.2) is 37.0 Å². The number of rotatable bonds is 7. The van der Waals surface area contributed by atoms with Crippen LogP contribution >= 0.6 is 0 Å². The molecule has 1 aromatic rings. The van der Waals surface area contributed by atoms with Gasteiger partial charge in [-0.25, -0.2) is 0 Å². The summed E-state index contributed by atoms with van der Waals surface area (Å²) >= 11 is 0. The van der Waals surface area contributed by atoms with Gasteiger partial charge in [0.15, 0.2) is 0 Å². The van der Waals surface area contributed by atoms with Gasteiger partial charge in [0.1, 0.15) is 12.4 Å². The number of carbonyl (C=O) groups is 1. The van der Waals surface area contributed by atoms with E-state index in [0.29, 0.717) is 19.2 Å². The molecule has 1 aromatic carbocycles. The molecule has 0 saturated heterocycles. The SMILES string of the molecule is C=CCOc1ccc(NCC(=O)N(C)C2CCCCC2)cc1. The van der Waals surface area contributed by atoms with E-state index >= 15 is 0 Å². The van der Waals surface area contributed by atoms with Crippen molar-refractivity contribution in [1.29, 1.82) is 0 Å². The molecule has 1 aliphatic carbocycles.